The van der Waals surface area contributed by atoms with E-state index in [-0.39, 0.29) is 5.75 Å². The molecule has 0 atom stereocenters. The number of aromatic hydroxyl groups is 1. The number of amides is 1. The van der Waals surface area contributed by atoms with E-state index in [1.807, 2.05) is 0 Å². The molecule has 0 unspecified atom stereocenters. The van der Waals surface area contributed by atoms with Gasteiger partial charge in [-0.2, -0.15) is 0 Å². The van der Waals surface area contributed by atoms with Crippen LogP contribution in [0.1, 0.15) is 20.8 Å². The molecule has 5 heteroatoms. The molecule has 1 amide bonds. The number of hydrogen-bond donors (Lipinski definition) is 3. The van der Waals surface area contributed by atoms with E-state index in [4.69, 9.17) is 4.74 Å². The smallest absolute Gasteiger partial charge is 0.412 e. The third-order valence-electron chi connectivity index (χ3n) is 1.92. The molecule has 0 saturated carbocycles. The quantitative estimate of drug-likeness (QED) is 0.547. The number of rotatable bonds is 2. The highest BCUT2D eigenvalue weighted by atomic mass is 16.6. The van der Waals surface area contributed by atoms with E-state index >= 15 is 0 Å². The molecule has 1 aromatic carbocycles. The number of carbonyl (C=O) groups is 1. The van der Waals surface area contributed by atoms with Crippen LogP contribution in [0, 0.1) is 0 Å². The van der Waals surface area contributed by atoms with Gasteiger partial charge in [-0.3, -0.25) is 5.32 Å². The Bertz CT molecular complexity index is 411. The Morgan fingerprint density at radius 2 is 2.00 bits per heavy atom. The monoisotopic (exact) mass is 238 g/mol. The Labute approximate surface area is 101 Å². The molecular formula is C12H18N2O3. The van der Waals surface area contributed by atoms with Gasteiger partial charge in [0.25, 0.3) is 0 Å². The van der Waals surface area contributed by atoms with Crippen LogP contribution in [0.3, 0.4) is 0 Å². The molecule has 1 aromatic rings. The molecule has 0 aliphatic heterocycles. The van der Waals surface area contributed by atoms with Crippen molar-refractivity contribution in [2.75, 3.05) is 17.7 Å². The van der Waals surface area contributed by atoms with Crippen molar-refractivity contribution >= 4 is 17.5 Å². The summed E-state index contributed by atoms with van der Waals surface area (Å²) < 4.78 is 5.09. The average molecular weight is 238 g/mol. The largest absolute Gasteiger partial charge is 0.506 e. The van der Waals surface area contributed by atoms with Crippen LogP contribution in [-0.4, -0.2) is 23.8 Å². The minimum absolute atomic E-state index is 0.00476. The zero-order chi connectivity index (χ0) is 13.1. The summed E-state index contributed by atoms with van der Waals surface area (Å²) in [5, 5.41) is 15.0. The maximum atomic E-state index is 11.5. The SMILES string of the molecule is CNc1ccc(O)c(NC(=O)OC(C)(C)C)c1. The van der Waals surface area contributed by atoms with Gasteiger partial charge >= 0.3 is 6.09 Å². The number of ether oxygens (including phenoxy) is 1. The second-order valence-corrected chi connectivity index (χ2v) is 4.61. The number of phenols is 1. The van der Waals surface area contributed by atoms with Gasteiger partial charge in [0, 0.05) is 12.7 Å². The van der Waals surface area contributed by atoms with Crippen molar-refractivity contribution in [1.29, 1.82) is 0 Å². The minimum Gasteiger partial charge on any atom is -0.506 e. The Morgan fingerprint density at radius 3 is 2.53 bits per heavy atom. The fraction of sp³-hybridized carbons (Fsp3) is 0.417. The van der Waals surface area contributed by atoms with Gasteiger partial charge in [0.15, 0.2) is 0 Å². The predicted octanol–water partition coefficient (Wildman–Crippen LogP) is 2.78. The van der Waals surface area contributed by atoms with Gasteiger partial charge in [-0.25, -0.2) is 4.79 Å². The summed E-state index contributed by atoms with van der Waals surface area (Å²) in [7, 11) is 1.75. The first-order valence-corrected chi connectivity index (χ1v) is 5.32. The second-order valence-electron chi connectivity index (χ2n) is 4.61. The van der Waals surface area contributed by atoms with Gasteiger partial charge in [-0.15, -0.1) is 0 Å². The molecule has 0 bridgehead atoms. The number of anilines is 2. The summed E-state index contributed by atoms with van der Waals surface area (Å²) in [6, 6.07) is 4.83. The highest BCUT2D eigenvalue weighted by molar-refractivity contribution is 5.87. The number of carbonyl (C=O) groups excluding carboxylic acids is 1. The van der Waals surface area contributed by atoms with Gasteiger partial charge in [0.05, 0.1) is 5.69 Å². The molecule has 0 fully saturated rings. The lowest BCUT2D eigenvalue weighted by atomic mass is 10.2. The minimum atomic E-state index is -0.596. The van der Waals surface area contributed by atoms with E-state index in [1.54, 1.807) is 40.0 Å². The van der Waals surface area contributed by atoms with Crippen LogP contribution >= 0.6 is 0 Å². The van der Waals surface area contributed by atoms with Crippen LogP contribution in [-0.2, 0) is 4.74 Å². The van der Waals surface area contributed by atoms with Gasteiger partial charge < -0.3 is 15.2 Å². The molecule has 17 heavy (non-hydrogen) atoms. The molecule has 0 spiro atoms. The summed E-state index contributed by atoms with van der Waals surface area (Å²) in [6.07, 6.45) is -0.596. The number of phenolic OH excluding ortho intramolecular Hbond substituents is 1. The lowest BCUT2D eigenvalue weighted by molar-refractivity contribution is 0.0635. The average Bonchev–Trinajstić information content (AvgIpc) is 2.18. The third kappa shape index (κ3) is 4.22. The second kappa shape index (κ2) is 4.95. The zero-order valence-electron chi connectivity index (χ0n) is 10.5. The molecule has 0 aliphatic carbocycles. The van der Waals surface area contributed by atoms with Crippen LogP contribution < -0.4 is 10.6 Å². The molecule has 5 nitrogen and oxygen atoms in total. The molecule has 94 valence electrons. The van der Waals surface area contributed by atoms with Crippen molar-refractivity contribution in [3.05, 3.63) is 18.2 Å². The topological polar surface area (TPSA) is 70.6 Å². The van der Waals surface area contributed by atoms with E-state index in [9.17, 15) is 9.90 Å². The fourth-order valence-corrected chi connectivity index (χ4v) is 1.21. The lowest BCUT2D eigenvalue weighted by Gasteiger charge is -2.20. The van der Waals surface area contributed by atoms with E-state index in [0.717, 1.165) is 5.69 Å². The Kier molecular flexibility index (Phi) is 3.83. The van der Waals surface area contributed by atoms with Crippen LogP contribution in [0.15, 0.2) is 18.2 Å². The van der Waals surface area contributed by atoms with Gasteiger partial charge in [0.1, 0.15) is 11.4 Å². The number of nitrogens with one attached hydrogen (secondary N) is 2. The van der Waals surface area contributed by atoms with Crippen LogP contribution in [0.4, 0.5) is 16.2 Å². The molecule has 0 aliphatic rings. The Hall–Kier alpha value is -1.91. The summed E-state index contributed by atoms with van der Waals surface area (Å²) in [5.74, 6) is -0.00476. The van der Waals surface area contributed by atoms with Gasteiger partial charge in [-0.1, -0.05) is 0 Å². The maximum absolute atomic E-state index is 11.5. The standard InChI is InChI=1S/C12H18N2O3/c1-12(2,3)17-11(16)14-9-7-8(13-4)5-6-10(9)15/h5-7,13,15H,1-4H3,(H,14,16). The van der Waals surface area contributed by atoms with Crippen LogP contribution in [0.5, 0.6) is 5.75 Å². The first-order valence-electron chi connectivity index (χ1n) is 5.32. The molecule has 0 aromatic heterocycles. The van der Waals surface area contributed by atoms with Crippen molar-refractivity contribution in [2.45, 2.75) is 26.4 Å². The Balaban J connectivity index is 2.77. The summed E-state index contributed by atoms with van der Waals surface area (Å²) in [6.45, 7) is 5.32. The molecule has 0 heterocycles. The van der Waals surface area contributed by atoms with Crippen LogP contribution in [0.25, 0.3) is 0 Å². The van der Waals surface area contributed by atoms with Gasteiger partial charge in [0.2, 0.25) is 0 Å². The van der Waals surface area contributed by atoms with E-state index < -0.39 is 11.7 Å². The lowest BCUT2D eigenvalue weighted by Crippen LogP contribution is -2.27. The molecule has 0 radical (unpaired) electrons. The number of benzene rings is 1. The van der Waals surface area contributed by atoms with Crippen LogP contribution in [0.2, 0.25) is 0 Å². The molecule has 1 rings (SSSR count). The molecule has 3 N–H and O–H groups in total. The predicted molar refractivity (Wildman–Crippen MR) is 67.5 cm³/mol. The Morgan fingerprint density at radius 1 is 1.35 bits per heavy atom. The van der Waals surface area contributed by atoms with Crippen molar-refractivity contribution in [3.63, 3.8) is 0 Å². The zero-order valence-corrected chi connectivity index (χ0v) is 10.5. The van der Waals surface area contributed by atoms with Crippen molar-refractivity contribution in [1.82, 2.24) is 0 Å². The van der Waals surface area contributed by atoms with E-state index in [2.05, 4.69) is 10.6 Å². The van der Waals surface area contributed by atoms with E-state index in [1.165, 1.54) is 6.07 Å². The van der Waals surface area contributed by atoms with E-state index in [0.29, 0.717) is 5.69 Å². The van der Waals surface area contributed by atoms with Crippen molar-refractivity contribution < 1.29 is 14.6 Å². The summed E-state index contributed by atoms with van der Waals surface area (Å²) in [5.41, 5.74) is 0.528. The highest BCUT2D eigenvalue weighted by Gasteiger charge is 2.17. The fourth-order valence-electron chi connectivity index (χ4n) is 1.21. The normalized spacial score (nSPS) is 10.8. The summed E-state index contributed by atoms with van der Waals surface area (Å²) >= 11 is 0. The van der Waals surface area contributed by atoms with Crippen molar-refractivity contribution in [3.8, 4) is 5.75 Å². The first-order chi connectivity index (χ1) is 7.81. The first kappa shape index (κ1) is 13.2. The third-order valence-corrected chi connectivity index (χ3v) is 1.92. The molecular weight excluding hydrogens is 220 g/mol. The van der Waals surface area contributed by atoms with Gasteiger partial charge in [-0.05, 0) is 39.0 Å². The number of hydrogen-bond acceptors (Lipinski definition) is 4. The summed E-state index contributed by atoms with van der Waals surface area (Å²) in [4.78, 5) is 11.5. The highest BCUT2D eigenvalue weighted by Crippen LogP contribution is 2.26. The van der Waals surface area contributed by atoms with Crippen molar-refractivity contribution in [2.24, 2.45) is 0 Å². The maximum Gasteiger partial charge on any atom is 0.412 e. The molecule has 0 saturated heterocycles.